The smallest absolute Gasteiger partial charge is 0.0991 e. The second kappa shape index (κ2) is 10.3. The van der Waals surface area contributed by atoms with Crippen LogP contribution in [0.2, 0.25) is 0 Å². The van der Waals surface area contributed by atoms with Crippen LogP contribution in [-0.2, 0) is 16.7 Å². The number of hydrogen-bond donors (Lipinski definition) is 0. The van der Waals surface area contributed by atoms with Crippen molar-refractivity contribution in [1.82, 2.24) is 9.80 Å². The van der Waals surface area contributed by atoms with E-state index in [1.165, 1.54) is 70.4 Å². The average molecular weight is 511 g/mol. The zero-order chi connectivity index (χ0) is 25.5. The highest BCUT2D eigenvalue weighted by Crippen LogP contribution is 2.53. The van der Waals surface area contributed by atoms with Gasteiger partial charge in [0.05, 0.1) is 30.9 Å². The van der Waals surface area contributed by atoms with Crippen LogP contribution in [0.15, 0.2) is 48.5 Å². The SMILES string of the molecule is N#Cc1ccc(N2CC(CN3CCC(C4(C5CCCC5)CN(C5COC5)Cc5ccccc54)CC3)C2)cc1. The highest BCUT2D eigenvalue weighted by molar-refractivity contribution is 5.51. The summed E-state index contributed by atoms with van der Waals surface area (Å²) < 4.78 is 5.66. The number of nitrogens with zero attached hydrogens (tertiary/aromatic N) is 4. The average Bonchev–Trinajstić information content (AvgIpc) is 3.45. The lowest BCUT2D eigenvalue weighted by Gasteiger charge is -2.56. The number of benzene rings is 2. The predicted octanol–water partition coefficient (Wildman–Crippen LogP) is 5.05. The quantitative estimate of drug-likeness (QED) is 0.544. The first-order valence-corrected chi connectivity index (χ1v) is 15.1. The third kappa shape index (κ3) is 4.35. The molecule has 5 heteroatoms. The second-order valence-corrected chi connectivity index (χ2v) is 12.8. The lowest BCUT2D eigenvalue weighted by Crippen LogP contribution is -2.61. The van der Waals surface area contributed by atoms with Crippen molar-refractivity contribution in [3.8, 4) is 6.07 Å². The number of ether oxygens (including phenoxy) is 1. The van der Waals surface area contributed by atoms with Gasteiger partial charge in [-0.15, -0.1) is 0 Å². The monoisotopic (exact) mass is 510 g/mol. The molecule has 200 valence electrons. The summed E-state index contributed by atoms with van der Waals surface area (Å²) in [5, 5.41) is 9.07. The Bertz CT molecular complexity index is 1150. The largest absolute Gasteiger partial charge is 0.378 e. The van der Waals surface area contributed by atoms with Crippen molar-refractivity contribution in [3.05, 3.63) is 65.2 Å². The van der Waals surface area contributed by atoms with Crippen molar-refractivity contribution in [1.29, 1.82) is 5.26 Å². The fourth-order valence-electron chi connectivity index (χ4n) is 8.61. The van der Waals surface area contributed by atoms with Crippen LogP contribution in [0.25, 0.3) is 0 Å². The second-order valence-electron chi connectivity index (χ2n) is 12.8. The van der Waals surface area contributed by atoms with E-state index in [1.807, 2.05) is 12.1 Å². The van der Waals surface area contributed by atoms with Crippen LogP contribution in [0.3, 0.4) is 0 Å². The highest BCUT2D eigenvalue weighted by atomic mass is 16.5. The molecule has 0 N–H and O–H groups in total. The molecular formula is C33H42N4O. The maximum absolute atomic E-state index is 9.07. The molecule has 1 aliphatic carbocycles. The summed E-state index contributed by atoms with van der Waals surface area (Å²) in [6.45, 7) is 10.2. The molecule has 1 atom stereocenters. The van der Waals surface area contributed by atoms with E-state index in [2.05, 4.69) is 57.2 Å². The van der Waals surface area contributed by atoms with E-state index in [9.17, 15) is 0 Å². The number of rotatable bonds is 6. The van der Waals surface area contributed by atoms with Gasteiger partial charge in [0.15, 0.2) is 0 Å². The topological polar surface area (TPSA) is 42.7 Å². The van der Waals surface area contributed by atoms with Crippen molar-refractivity contribution >= 4 is 5.69 Å². The highest BCUT2D eigenvalue weighted by Gasteiger charge is 2.52. The normalized spacial score (nSPS) is 28.0. The Morgan fingerprint density at radius 3 is 2.29 bits per heavy atom. The van der Waals surface area contributed by atoms with Crippen LogP contribution in [0.1, 0.15) is 55.2 Å². The molecule has 0 aromatic heterocycles. The summed E-state index contributed by atoms with van der Waals surface area (Å²) in [5.74, 6) is 2.37. The summed E-state index contributed by atoms with van der Waals surface area (Å²) in [4.78, 5) is 8.04. The molecule has 4 aliphatic heterocycles. The molecule has 5 aliphatic rings. The first-order valence-electron chi connectivity index (χ1n) is 15.1. The maximum Gasteiger partial charge on any atom is 0.0991 e. The summed E-state index contributed by atoms with van der Waals surface area (Å²) in [7, 11) is 0. The third-order valence-corrected chi connectivity index (χ3v) is 10.7. The first-order chi connectivity index (χ1) is 18.7. The van der Waals surface area contributed by atoms with E-state index in [0.29, 0.717) is 11.5 Å². The third-order valence-electron chi connectivity index (χ3n) is 10.7. The van der Waals surface area contributed by atoms with Gasteiger partial charge in [0, 0.05) is 49.7 Å². The summed E-state index contributed by atoms with van der Waals surface area (Å²) in [6.07, 6.45) is 8.33. The van der Waals surface area contributed by atoms with Crippen LogP contribution in [0, 0.1) is 29.1 Å². The number of nitriles is 1. The minimum atomic E-state index is 0.315. The maximum atomic E-state index is 9.07. The van der Waals surface area contributed by atoms with Gasteiger partial charge in [0.2, 0.25) is 0 Å². The standard InChI is InChI=1S/C33H42N4O/c34-17-25-9-11-30(12-10-25)36-19-26(20-36)18-35-15-13-29(14-16-35)33(28-6-2-3-7-28)24-37(31-22-38-23-31)21-27-5-1-4-8-32(27)33/h1,4-5,8-12,26,28-29,31H,2-3,6-7,13-16,18-24H2. The fourth-order valence-corrected chi connectivity index (χ4v) is 8.61. The number of piperidine rings is 1. The Kier molecular flexibility index (Phi) is 6.68. The van der Waals surface area contributed by atoms with Crippen molar-refractivity contribution in [2.75, 3.05) is 57.4 Å². The van der Waals surface area contributed by atoms with Gasteiger partial charge < -0.3 is 14.5 Å². The number of hydrogen-bond acceptors (Lipinski definition) is 5. The number of likely N-dealkylation sites (tertiary alicyclic amines) is 1. The molecule has 0 amide bonds. The van der Waals surface area contributed by atoms with Crippen LogP contribution < -0.4 is 4.90 Å². The molecular weight excluding hydrogens is 468 g/mol. The molecule has 1 saturated carbocycles. The molecule has 0 spiro atoms. The van der Waals surface area contributed by atoms with Gasteiger partial charge in [-0.3, -0.25) is 4.90 Å². The van der Waals surface area contributed by atoms with Gasteiger partial charge >= 0.3 is 0 Å². The minimum absolute atomic E-state index is 0.315. The molecule has 4 heterocycles. The molecule has 7 rings (SSSR count). The predicted molar refractivity (Wildman–Crippen MR) is 151 cm³/mol. The Morgan fingerprint density at radius 2 is 1.61 bits per heavy atom. The minimum Gasteiger partial charge on any atom is -0.378 e. The van der Waals surface area contributed by atoms with E-state index in [1.54, 1.807) is 11.1 Å². The molecule has 5 nitrogen and oxygen atoms in total. The van der Waals surface area contributed by atoms with Gasteiger partial charge in [-0.25, -0.2) is 0 Å². The number of anilines is 1. The molecule has 0 radical (unpaired) electrons. The van der Waals surface area contributed by atoms with Gasteiger partial charge in [0.1, 0.15) is 0 Å². The summed E-state index contributed by atoms with van der Waals surface area (Å²) in [5.41, 5.74) is 5.62. The van der Waals surface area contributed by atoms with E-state index >= 15 is 0 Å². The number of fused-ring (bicyclic) bond motifs is 1. The van der Waals surface area contributed by atoms with Crippen LogP contribution >= 0.6 is 0 Å². The van der Waals surface area contributed by atoms with Gasteiger partial charge in [-0.2, -0.15) is 5.26 Å². The zero-order valence-electron chi connectivity index (χ0n) is 22.7. The molecule has 38 heavy (non-hydrogen) atoms. The van der Waals surface area contributed by atoms with Crippen molar-refractivity contribution in [2.45, 2.75) is 56.5 Å². The molecule has 2 aromatic rings. The first kappa shape index (κ1) is 24.6. The fraction of sp³-hybridized carbons (Fsp3) is 0.606. The van der Waals surface area contributed by atoms with Gasteiger partial charge in [-0.1, -0.05) is 37.1 Å². The Hall–Kier alpha value is -2.39. The Balaban J connectivity index is 1.03. The lowest BCUT2D eigenvalue weighted by molar-refractivity contribution is -0.0898. The van der Waals surface area contributed by atoms with E-state index in [4.69, 9.17) is 10.00 Å². The van der Waals surface area contributed by atoms with Crippen molar-refractivity contribution in [3.63, 3.8) is 0 Å². The van der Waals surface area contributed by atoms with Gasteiger partial charge in [-0.05, 0) is 86.0 Å². The molecule has 2 aromatic carbocycles. The van der Waals surface area contributed by atoms with Gasteiger partial charge in [0.25, 0.3) is 0 Å². The van der Waals surface area contributed by atoms with Crippen LogP contribution in [0.4, 0.5) is 5.69 Å². The van der Waals surface area contributed by atoms with E-state index in [0.717, 1.165) is 56.2 Å². The van der Waals surface area contributed by atoms with E-state index in [-0.39, 0.29) is 0 Å². The summed E-state index contributed by atoms with van der Waals surface area (Å²) >= 11 is 0. The molecule has 3 saturated heterocycles. The Morgan fingerprint density at radius 1 is 0.895 bits per heavy atom. The molecule has 0 bridgehead atoms. The van der Waals surface area contributed by atoms with Crippen LogP contribution in [0.5, 0.6) is 0 Å². The summed E-state index contributed by atoms with van der Waals surface area (Å²) in [6, 6.07) is 20.4. The Labute approximate surface area is 228 Å². The zero-order valence-corrected chi connectivity index (χ0v) is 22.7. The van der Waals surface area contributed by atoms with Crippen molar-refractivity contribution in [2.24, 2.45) is 17.8 Å². The molecule has 1 unspecified atom stereocenters. The van der Waals surface area contributed by atoms with Crippen molar-refractivity contribution < 1.29 is 4.74 Å². The lowest BCUT2D eigenvalue weighted by atomic mass is 9.57. The molecule has 4 fully saturated rings. The van der Waals surface area contributed by atoms with E-state index < -0.39 is 0 Å². The van der Waals surface area contributed by atoms with Crippen LogP contribution in [-0.4, -0.2) is 68.3 Å².